The Balaban J connectivity index is 1.68. The van der Waals surface area contributed by atoms with Crippen LogP contribution in [0.2, 0.25) is 0 Å². The minimum Gasteiger partial charge on any atom is -0.497 e. The Morgan fingerprint density at radius 2 is 1.93 bits per heavy atom. The molecule has 0 aromatic heterocycles. The minimum absolute atomic E-state index is 0.210. The van der Waals surface area contributed by atoms with Gasteiger partial charge in [0.05, 0.1) is 7.11 Å². The molecule has 1 aliphatic rings. The van der Waals surface area contributed by atoms with Crippen LogP contribution in [0.1, 0.15) is 37.8 Å². The van der Waals surface area contributed by atoms with Crippen LogP contribution in [0.4, 0.5) is 0 Å². The second kappa shape index (κ2) is 8.33. The first-order valence-corrected chi connectivity index (χ1v) is 9.79. The van der Waals surface area contributed by atoms with Crippen molar-refractivity contribution < 1.29 is 14.6 Å². The minimum atomic E-state index is -1.39. The van der Waals surface area contributed by atoms with E-state index in [-0.39, 0.29) is 18.0 Å². The van der Waals surface area contributed by atoms with Gasteiger partial charge in [0.15, 0.2) is 5.60 Å². The van der Waals surface area contributed by atoms with Crippen LogP contribution in [-0.2, 0) is 16.9 Å². The number of ether oxygens (including phenoxy) is 1. The quantitative estimate of drug-likeness (QED) is 0.773. The predicted octanol–water partition coefficient (Wildman–Crippen LogP) is 3.07. The largest absolute Gasteiger partial charge is 0.497 e. The summed E-state index contributed by atoms with van der Waals surface area (Å²) in [5.74, 6) is 0.557. The number of benzene rings is 2. The second-order valence-corrected chi connectivity index (χ2v) is 8.06. The summed E-state index contributed by atoms with van der Waals surface area (Å²) < 4.78 is 5.27. The van der Waals surface area contributed by atoms with Gasteiger partial charge in [-0.25, -0.2) is 0 Å². The lowest BCUT2D eigenvalue weighted by Gasteiger charge is -2.40. The van der Waals surface area contributed by atoms with Gasteiger partial charge in [-0.05, 0) is 49.9 Å². The highest BCUT2D eigenvalue weighted by molar-refractivity contribution is 5.86. The molecule has 0 aliphatic carbocycles. The van der Waals surface area contributed by atoms with Crippen LogP contribution in [0.5, 0.6) is 5.75 Å². The lowest BCUT2D eigenvalue weighted by molar-refractivity contribution is -0.157. The number of hydrogen-bond donors (Lipinski definition) is 2. The highest BCUT2D eigenvalue weighted by Crippen LogP contribution is 2.27. The molecule has 1 fully saturated rings. The third kappa shape index (κ3) is 4.54. The van der Waals surface area contributed by atoms with Crippen molar-refractivity contribution in [1.29, 1.82) is 0 Å². The second-order valence-electron chi connectivity index (χ2n) is 8.06. The zero-order chi connectivity index (χ0) is 20.2. The average Bonchev–Trinajstić information content (AvgIpc) is 2.71. The molecule has 5 heteroatoms. The first kappa shape index (κ1) is 20.4. The van der Waals surface area contributed by atoms with Crippen LogP contribution in [0.25, 0.3) is 0 Å². The van der Waals surface area contributed by atoms with E-state index in [0.29, 0.717) is 19.5 Å². The molecule has 0 spiro atoms. The van der Waals surface area contributed by atoms with Crippen LogP contribution < -0.4 is 10.1 Å². The summed E-state index contributed by atoms with van der Waals surface area (Å²) >= 11 is 0. The molecule has 150 valence electrons. The summed E-state index contributed by atoms with van der Waals surface area (Å²) in [6, 6.07) is 17.8. The van der Waals surface area contributed by atoms with Gasteiger partial charge in [0.2, 0.25) is 0 Å². The maximum atomic E-state index is 13.1. The van der Waals surface area contributed by atoms with Gasteiger partial charge in [0.1, 0.15) is 5.75 Å². The maximum absolute atomic E-state index is 13.1. The Hall–Kier alpha value is -2.37. The van der Waals surface area contributed by atoms with Crippen molar-refractivity contribution in [2.45, 2.75) is 44.4 Å². The molecule has 0 unspecified atom stereocenters. The number of carbonyl (C=O) groups is 1. The summed E-state index contributed by atoms with van der Waals surface area (Å²) in [4.78, 5) is 14.8. The van der Waals surface area contributed by atoms with Crippen molar-refractivity contribution in [3.05, 3.63) is 65.7 Å². The van der Waals surface area contributed by atoms with Gasteiger partial charge in [0.25, 0.3) is 5.91 Å². The molecule has 0 saturated carbocycles. The van der Waals surface area contributed by atoms with Crippen molar-refractivity contribution in [3.63, 3.8) is 0 Å². The molecule has 0 radical (unpaired) electrons. The average molecular weight is 383 g/mol. The molecular formula is C23H30N2O3. The number of methoxy groups -OCH3 is 1. The fourth-order valence-corrected chi connectivity index (χ4v) is 3.70. The zero-order valence-electron chi connectivity index (χ0n) is 16.9. The van der Waals surface area contributed by atoms with Crippen molar-refractivity contribution >= 4 is 5.91 Å². The SMILES string of the molecule is COc1cccc(CN2CCC[C@](O)(CNC(C)(C)c3ccccc3)C2=O)c1. The Labute approximate surface area is 167 Å². The van der Waals surface area contributed by atoms with E-state index in [9.17, 15) is 9.90 Å². The number of piperidine rings is 1. The van der Waals surface area contributed by atoms with Crippen molar-refractivity contribution in [2.75, 3.05) is 20.2 Å². The van der Waals surface area contributed by atoms with Gasteiger partial charge in [0, 0.05) is 25.2 Å². The number of likely N-dealkylation sites (tertiary alicyclic amines) is 1. The van der Waals surface area contributed by atoms with Crippen LogP contribution >= 0.6 is 0 Å². The van der Waals surface area contributed by atoms with Crippen LogP contribution in [0, 0.1) is 0 Å². The number of aliphatic hydroxyl groups is 1. The Bertz CT molecular complexity index is 807. The number of nitrogens with one attached hydrogen (secondary N) is 1. The van der Waals surface area contributed by atoms with E-state index < -0.39 is 5.60 Å². The molecule has 5 nitrogen and oxygen atoms in total. The molecule has 2 N–H and O–H groups in total. The summed E-state index contributed by atoms with van der Waals surface area (Å²) in [5.41, 5.74) is 0.389. The van der Waals surface area contributed by atoms with Gasteiger partial charge in [-0.2, -0.15) is 0 Å². The lowest BCUT2D eigenvalue weighted by atomic mass is 9.88. The maximum Gasteiger partial charge on any atom is 0.256 e. The molecule has 2 aromatic rings. The fraction of sp³-hybridized carbons (Fsp3) is 0.435. The van der Waals surface area contributed by atoms with Crippen LogP contribution in [0.15, 0.2) is 54.6 Å². The zero-order valence-corrected chi connectivity index (χ0v) is 16.9. The lowest BCUT2D eigenvalue weighted by Crippen LogP contribution is -2.59. The van der Waals surface area contributed by atoms with E-state index in [2.05, 4.69) is 31.3 Å². The molecule has 1 aliphatic heterocycles. The third-order valence-electron chi connectivity index (χ3n) is 5.53. The highest BCUT2D eigenvalue weighted by Gasteiger charge is 2.43. The molecule has 1 atom stereocenters. The summed E-state index contributed by atoms with van der Waals surface area (Å²) in [6.45, 7) is 5.48. The normalized spacial score (nSPS) is 20.3. The Morgan fingerprint density at radius 3 is 2.64 bits per heavy atom. The number of rotatable bonds is 7. The standard InChI is InChI=1S/C23H30N2O3/c1-22(2,19-10-5-4-6-11-19)24-17-23(27)13-8-14-25(21(23)26)16-18-9-7-12-20(15-18)28-3/h4-7,9-12,15,24,27H,8,13-14,16-17H2,1-3H3/t23-/m0/s1. The van der Waals surface area contributed by atoms with E-state index in [1.807, 2.05) is 42.5 Å². The molecule has 0 bridgehead atoms. The molecule has 1 amide bonds. The fourth-order valence-electron chi connectivity index (χ4n) is 3.70. The van der Waals surface area contributed by atoms with Gasteiger partial charge >= 0.3 is 0 Å². The third-order valence-corrected chi connectivity index (χ3v) is 5.53. The Kier molecular flexibility index (Phi) is 6.06. The first-order valence-electron chi connectivity index (χ1n) is 9.79. The van der Waals surface area contributed by atoms with Gasteiger partial charge in [-0.15, -0.1) is 0 Å². The molecular weight excluding hydrogens is 352 g/mol. The number of amides is 1. The number of nitrogens with zero attached hydrogens (tertiary/aromatic N) is 1. The number of carbonyl (C=O) groups excluding carboxylic acids is 1. The van der Waals surface area contributed by atoms with E-state index in [4.69, 9.17) is 4.74 Å². The molecule has 28 heavy (non-hydrogen) atoms. The predicted molar refractivity (Wildman–Crippen MR) is 110 cm³/mol. The van der Waals surface area contributed by atoms with Gasteiger partial charge < -0.3 is 20.1 Å². The summed E-state index contributed by atoms with van der Waals surface area (Å²) in [5, 5.41) is 14.5. The van der Waals surface area contributed by atoms with Crippen LogP contribution in [-0.4, -0.2) is 41.7 Å². The molecule has 2 aromatic carbocycles. The van der Waals surface area contributed by atoms with E-state index in [1.165, 1.54) is 0 Å². The smallest absolute Gasteiger partial charge is 0.256 e. The van der Waals surface area contributed by atoms with Gasteiger partial charge in [-0.1, -0.05) is 42.5 Å². The summed E-state index contributed by atoms with van der Waals surface area (Å²) in [7, 11) is 1.63. The first-order chi connectivity index (χ1) is 13.3. The number of hydrogen-bond acceptors (Lipinski definition) is 4. The molecule has 1 saturated heterocycles. The van der Waals surface area contributed by atoms with E-state index in [0.717, 1.165) is 23.3 Å². The molecule has 1 heterocycles. The van der Waals surface area contributed by atoms with Crippen molar-refractivity contribution in [2.24, 2.45) is 0 Å². The van der Waals surface area contributed by atoms with E-state index in [1.54, 1.807) is 12.0 Å². The Morgan fingerprint density at radius 1 is 1.18 bits per heavy atom. The van der Waals surface area contributed by atoms with E-state index >= 15 is 0 Å². The topological polar surface area (TPSA) is 61.8 Å². The van der Waals surface area contributed by atoms with Crippen LogP contribution in [0.3, 0.4) is 0 Å². The van der Waals surface area contributed by atoms with Gasteiger partial charge in [-0.3, -0.25) is 4.79 Å². The monoisotopic (exact) mass is 382 g/mol. The van der Waals surface area contributed by atoms with Crippen molar-refractivity contribution in [3.8, 4) is 5.75 Å². The molecule has 3 rings (SSSR count). The summed E-state index contributed by atoms with van der Waals surface area (Å²) in [6.07, 6.45) is 1.25. The van der Waals surface area contributed by atoms with Crippen molar-refractivity contribution in [1.82, 2.24) is 10.2 Å². The highest BCUT2D eigenvalue weighted by atomic mass is 16.5.